The second-order valence-corrected chi connectivity index (χ2v) is 8.95. The lowest BCUT2D eigenvalue weighted by molar-refractivity contribution is -0.141. The van der Waals surface area contributed by atoms with Crippen LogP contribution < -0.4 is 0 Å². The first-order chi connectivity index (χ1) is 15.8. The summed E-state index contributed by atoms with van der Waals surface area (Å²) in [7, 11) is 0. The van der Waals surface area contributed by atoms with Crippen LogP contribution in [-0.4, -0.2) is 55.3 Å². The van der Waals surface area contributed by atoms with Crippen molar-refractivity contribution in [2.45, 2.75) is 24.7 Å². The van der Waals surface area contributed by atoms with Gasteiger partial charge in [-0.3, -0.25) is 9.78 Å². The Bertz CT molecular complexity index is 1060. The predicted molar refractivity (Wildman–Crippen MR) is 125 cm³/mol. The number of ether oxygens (including phenoxy) is 2. The molecular formula is C27H30N2O3. The Kier molecular flexibility index (Phi) is 6.19. The minimum atomic E-state index is -0.505. The summed E-state index contributed by atoms with van der Waals surface area (Å²) in [6, 6.07) is 20.7. The lowest BCUT2D eigenvalue weighted by atomic mass is 9.73. The fourth-order valence-corrected chi connectivity index (χ4v) is 5.24. The van der Waals surface area contributed by atoms with Crippen LogP contribution in [0.25, 0.3) is 10.9 Å². The van der Waals surface area contributed by atoms with Crippen LogP contribution in [0.15, 0.2) is 66.9 Å². The topological polar surface area (TPSA) is 51.7 Å². The van der Waals surface area contributed by atoms with Gasteiger partial charge < -0.3 is 14.4 Å². The predicted octanol–water partition coefficient (Wildman–Crippen LogP) is 4.00. The van der Waals surface area contributed by atoms with Crippen LogP contribution in [0.2, 0.25) is 0 Å². The standard InChI is InChI=1S/C27H30N2O3/c30-26(27(11-15-31-16-12-27)24-9-2-1-3-10-24)29-14-17-32-20-21(19-29)18-23-7-4-6-22-8-5-13-28-25(22)23/h1-10,13,21H,11-12,14-20H2/t21-/m0/s1. The Balaban J connectivity index is 1.40. The van der Waals surface area contributed by atoms with Crippen LogP contribution in [0.4, 0.5) is 0 Å². The molecule has 0 aliphatic carbocycles. The van der Waals surface area contributed by atoms with Crippen LogP contribution in [0.3, 0.4) is 0 Å². The number of hydrogen-bond donors (Lipinski definition) is 0. The van der Waals surface area contributed by atoms with E-state index in [0.29, 0.717) is 39.5 Å². The van der Waals surface area contributed by atoms with Gasteiger partial charge in [-0.25, -0.2) is 0 Å². The fraction of sp³-hybridized carbons (Fsp3) is 0.407. The number of carbonyl (C=O) groups excluding carboxylic acids is 1. The molecule has 5 heteroatoms. The summed E-state index contributed by atoms with van der Waals surface area (Å²) in [4.78, 5) is 20.7. The molecule has 1 aromatic heterocycles. The molecule has 32 heavy (non-hydrogen) atoms. The maximum Gasteiger partial charge on any atom is 0.233 e. The van der Waals surface area contributed by atoms with Crippen molar-refractivity contribution in [2.24, 2.45) is 5.92 Å². The van der Waals surface area contributed by atoms with Gasteiger partial charge >= 0.3 is 0 Å². The lowest BCUT2D eigenvalue weighted by Gasteiger charge is -2.40. The summed E-state index contributed by atoms with van der Waals surface area (Å²) in [6.45, 7) is 3.83. The highest BCUT2D eigenvalue weighted by molar-refractivity contribution is 5.88. The zero-order valence-electron chi connectivity index (χ0n) is 18.4. The third-order valence-corrected chi connectivity index (χ3v) is 6.93. The summed E-state index contributed by atoms with van der Waals surface area (Å²) in [5.74, 6) is 0.459. The quantitative estimate of drug-likeness (QED) is 0.628. The molecule has 1 atom stereocenters. The molecule has 2 saturated heterocycles. The number of fused-ring (bicyclic) bond motifs is 1. The number of aromatic nitrogens is 1. The molecule has 2 fully saturated rings. The smallest absolute Gasteiger partial charge is 0.233 e. The fourth-order valence-electron chi connectivity index (χ4n) is 5.24. The third-order valence-electron chi connectivity index (χ3n) is 6.93. The minimum absolute atomic E-state index is 0.221. The van der Waals surface area contributed by atoms with Crippen LogP contribution in [0, 0.1) is 5.92 Å². The molecule has 5 rings (SSSR count). The highest BCUT2D eigenvalue weighted by atomic mass is 16.5. The molecule has 5 nitrogen and oxygen atoms in total. The van der Waals surface area contributed by atoms with Crippen molar-refractivity contribution in [1.29, 1.82) is 0 Å². The van der Waals surface area contributed by atoms with Crippen molar-refractivity contribution in [3.8, 4) is 0 Å². The molecule has 2 aliphatic heterocycles. The van der Waals surface area contributed by atoms with Crippen molar-refractivity contribution in [3.63, 3.8) is 0 Å². The Hall–Kier alpha value is -2.76. The molecule has 3 aromatic rings. The summed E-state index contributed by atoms with van der Waals surface area (Å²) in [5.41, 5.74) is 2.86. The van der Waals surface area contributed by atoms with Crippen molar-refractivity contribution < 1.29 is 14.3 Å². The van der Waals surface area contributed by atoms with Crippen molar-refractivity contribution in [1.82, 2.24) is 9.88 Å². The van der Waals surface area contributed by atoms with Gasteiger partial charge in [0.05, 0.1) is 24.1 Å². The highest BCUT2D eigenvalue weighted by Gasteiger charge is 2.44. The molecule has 166 valence electrons. The number of benzene rings is 2. The van der Waals surface area contributed by atoms with E-state index in [9.17, 15) is 4.79 Å². The van der Waals surface area contributed by atoms with Gasteiger partial charge in [0.1, 0.15) is 0 Å². The van der Waals surface area contributed by atoms with E-state index in [4.69, 9.17) is 9.47 Å². The first-order valence-corrected chi connectivity index (χ1v) is 11.6. The Morgan fingerprint density at radius 2 is 1.78 bits per heavy atom. The van der Waals surface area contributed by atoms with E-state index in [2.05, 4.69) is 46.3 Å². The second-order valence-electron chi connectivity index (χ2n) is 8.95. The molecule has 2 aromatic carbocycles. The van der Waals surface area contributed by atoms with E-state index >= 15 is 0 Å². The molecule has 0 spiro atoms. The Morgan fingerprint density at radius 1 is 0.969 bits per heavy atom. The maximum absolute atomic E-state index is 14.0. The van der Waals surface area contributed by atoms with Crippen LogP contribution >= 0.6 is 0 Å². The summed E-state index contributed by atoms with van der Waals surface area (Å²) >= 11 is 0. The Labute approximate surface area is 189 Å². The average Bonchev–Trinajstić information content (AvgIpc) is 3.10. The van der Waals surface area contributed by atoms with Crippen molar-refractivity contribution in [3.05, 3.63) is 78.0 Å². The number of hydrogen-bond acceptors (Lipinski definition) is 4. The van der Waals surface area contributed by atoms with Gasteiger partial charge in [-0.1, -0.05) is 54.6 Å². The molecule has 0 unspecified atom stereocenters. The molecule has 3 heterocycles. The van der Waals surface area contributed by atoms with Crippen LogP contribution in [-0.2, 0) is 26.1 Å². The summed E-state index contributed by atoms with van der Waals surface area (Å²) < 4.78 is 11.6. The highest BCUT2D eigenvalue weighted by Crippen LogP contribution is 2.37. The van der Waals surface area contributed by atoms with E-state index in [1.165, 1.54) is 5.56 Å². The van der Waals surface area contributed by atoms with E-state index < -0.39 is 5.41 Å². The number of rotatable bonds is 4. The van der Waals surface area contributed by atoms with Crippen LogP contribution in [0.1, 0.15) is 24.0 Å². The summed E-state index contributed by atoms with van der Waals surface area (Å²) in [5, 5.41) is 1.15. The van der Waals surface area contributed by atoms with Gasteiger partial charge in [0.25, 0.3) is 0 Å². The number of carbonyl (C=O) groups is 1. The van der Waals surface area contributed by atoms with Gasteiger partial charge in [-0.15, -0.1) is 0 Å². The molecule has 1 amide bonds. The van der Waals surface area contributed by atoms with E-state index in [-0.39, 0.29) is 11.8 Å². The first kappa shape index (κ1) is 21.1. The molecular weight excluding hydrogens is 400 g/mol. The number of pyridine rings is 1. The lowest BCUT2D eigenvalue weighted by Crippen LogP contribution is -2.51. The van der Waals surface area contributed by atoms with Crippen molar-refractivity contribution in [2.75, 3.05) is 39.5 Å². The second kappa shape index (κ2) is 9.39. The third kappa shape index (κ3) is 4.15. The van der Waals surface area contributed by atoms with Gasteiger partial charge in [-0.05, 0) is 36.5 Å². The number of amides is 1. The normalized spacial score (nSPS) is 21.2. The van der Waals surface area contributed by atoms with E-state index in [1.54, 1.807) is 0 Å². The molecule has 0 radical (unpaired) electrons. The molecule has 2 aliphatic rings. The zero-order valence-corrected chi connectivity index (χ0v) is 18.4. The zero-order chi connectivity index (χ0) is 21.8. The number of para-hydroxylation sites is 1. The van der Waals surface area contributed by atoms with Crippen molar-refractivity contribution >= 4 is 16.8 Å². The molecule has 0 bridgehead atoms. The van der Waals surface area contributed by atoms with E-state index in [1.807, 2.05) is 30.5 Å². The molecule has 0 saturated carbocycles. The maximum atomic E-state index is 14.0. The van der Waals surface area contributed by atoms with Crippen LogP contribution in [0.5, 0.6) is 0 Å². The monoisotopic (exact) mass is 430 g/mol. The summed E-state index contributed by atoms with van der Waals surface area (Å²) in [6.07, 6.45) is 4.15. The first-order valence-electron chi connectivity index (χ1n) is 11.6. The molecule has 0 N–H and O–H groups in total. The average molecular weight is 431 g/mol. The SMILES string of the molecule is O=C(N1CCOC[C@@H](Cc2cccc3cccnc23)C1)C1(c2ccccc2)CCOCC1. The Morgan fingerprint density at radius 3 is 2.62 bits per heavy atom. The van der Waals surface area contributed by atoms with E-state index in [0.717, 1.165) is 35.7 Å². The van der Waals surface area contributed by atoms with Gasteiger partial charge in [0, 0.05) is 43.8 Å². The minimum Gasteiger partial charge on any atom is -0.381 e. The van der Waals surface area contributed by atoms with Gasteiger partial charge in [-0.2, -0.15) is 0 Å². The van der Waals surface area contributed by atoms with Gasteiger partial charge in [0.2, 0.25) is 5.91 Å². The largest absolute Gasteiger partial charge is 0.381 e. The number of nitrogens with zero attached hydrogens (tertiary/aromatic N) is 2. The van der Waals surface area contributed by atoms with Gasteiger partial charge in [0.15, 0.2) is 0 Å².